The number of ether oxygens (including phenoxy) is 1. The molecule has 0 aliphatic carbocycles. The van der Waals surface area contributed by atoms with E-state index in [0.29, 0.717) is 25.0 Å². The number of pyridine rings is 1. The van der Waals surface area contributed by atoms with Gasteiger partial charge in [-0.05, 0) is 64.8 Å². The topological polar surface area (TPSA) is 110 Å². The van der Waals surface area contributed by atoms with Crippen molar-refractivity contribution in [2.75, 3.05) is 19.6 Å². The van der Waals surface area contributed by atoms with Gasteiger partial charge in [0, 0.05) is 31.2 Å². The zero-order valence-corrected chi connectivity index (χ0v) is 18.1. The SMILES string of the molecule is CCn1cc(C(=O)O)c(=O)c2cc(CCCNCCNC(=O)OC(C)(C)C)ccc21. The molecular formula is C22H31N3O5. The number of carboxylic acid groups (broad SMARTS) is 1. The molecule has 0 bridgehead atoms. The van der Waals surface area contributed by atoms with Crippen LogP contribution in [0.4, 0.5) is 4.79 Å². The van der Waals surface area contributed by atoms with Crippen LogP contribution in [0.15, 0.2) is 29.2 Å². The number of fused-ring (bicyclic) bond motifs is 1. The number of rotatable bonds is 9. The summed E-state index contributed by atoms with van der Waals surface area (Å²) in [6.07, 6.45) is 2.57. The van der Waals surface area contributed by atoms with Crippen LogP contribution in [-0.2, 0) is 17.7 Å². The lowest BCUT2D eigenvalue weighted by Gasteiger charge is -2.19. The number of carbonyl (C=O) groups excluding carboxylic acids is 1. The number of nitrogens with one attached hydrogen (secondary N) is 2. The maximum absolute atomic E-state index is 12.5. The molecule has 0 spiro atoms. The summed E-state index contributed by atoms with van der Waals surface area (Å²) in [5.41, 5.74) is 0.556. The number of alkyl carbamates (subject to hydrolysis) is 1. The lowest BCUT2D eigenvalue weighted by Crippen LogP contribution is -2.36. The number of aromatic nitrogens is 1. The molecule has 1 amide bonds. The number of carbonyl (C=O) groups is 2. The number of nitrogens with zero attached hydrogens (tertiary/aromatic N) is 1. The average Bonchev–Trinajstić information content (AvgIpc) is 2.66. The molecule has 0 unspecified atom stereocenters. The highest BCUT2D eigenvalue weighted by Crippen LogP contribution is 2.16. The van der Waals surface area contributed by atoms with Crippen molar-refractivity contribution in [1.29, 1.82) is 0 Å². The highest BCUT2D eigenvalue weighted by atomic mass is 16.6. The molecule has 8 nitrogen and oxygen atoms in total. The Morgan fingerprint density at radius 2 is 1.90 bits per heavy atom. The molecule has 3 N–H and O–H groups in total. The van der Waals surface area contributed by atoms with Crippen molar-refractivity contribution in [2.24, 2.45) is 0 Å². The van der Waals surface area contributed by atoms with Gasteiger partial charge in [0.05, 0.1) is 5.52 Å². The van der Waals surface area contributed by atoms with Crippen LogP contribution < -0.4 is 16.1 Å². The molecule has 0 atom stereocenters. The number of amides is 1. The minimum absolute atomic E-state index is 0.208. The van der Waals surface area contributed by atoms with Crippen molar-refractivity contribution in [2.45, 2.75) is 52.7 Å². The van der Waals surface area contributed by atoms with Gasteiger partial charge < -0.3 is 25.0 Å². The third kappa shape index (κ3) is 6.59. The van der Waals surface area contributed by atoms with Gasteiger partial charge in [-0.2, -0.15) is 0 Å². The van der Waals surface area contributed by atoms with Gasteiger partial charge in [0.1, 0.15) is 11.2 Å². The summed E-state index contributed by atoms with van der Waals surface area (Å²) in [6.45, 7) is 9.79. The van der Waals surface area contributed by atoms with Crippen molar-refractivity contribution in [1.82, 2.24) is 15.2 Å². The van der Waals surface area contributed by atoms with Crippen LogP contribution in [-0.4, -0.2) is 47.0 Å². The number of hydrogen-bond acceptors (Lipinski definition) is 5. The molecule has 0 aliphatic heterocycles. The Morgan fingerprint density at radius 1 is 1.17 bits per heavy atom. The molecular weight excluding hydrogens is 386 g/mol. The molecule has 0 saturated heterocycles. The maximum atomic E-state index is 12.5. The third-order valence-electron chi connectivity index (χ3n) is 4.50. The van der Waals surface area contributed by atoms with Crippen molar-refractivity contribution >= 4 is 23.0 Å². The normalized spacial score (nSPS) is 11.5. The molecule has 0 fully saturated rings. The quantitative estimate of drug-likeness (QED) is 0.541. The Bertz CT molecular complexity index is 960. The molecule has 164 valence electrons. The molecule has 0 radical (unpaired) electrons. The largest absolute Gasteiger partial charge is 0.477 e. The molecule has 8 heteroatoms. The summed E-state index contributed by atoms with van der Waals surface area (Å²) >= 11 is 0. The van der Waals surface area contributed by atoms with Gasteiger partial charge in [0.2, 0.25) is 5.43 Å². The van der Waals surface area contributed by atoms with E-state index in [4.69, 9.17) is 4.74 Å². The Balaban J connectivity index is 1.87. The molecule has 2 aromatic rings. The highest BCUT2D eigenvalue weighted by molar-refractivity contribution is 5.92. The van der Waals surface area contributed by atoms with Crippen LogP contribution >= 0.6 is 0 Å². The molecule has 1 heterocycles. The lowest BCUT2D eigenvalue weighted by molar-refractivity contribution is 0.0527. The average molecular weight is 418 g/mol. The van der Waals surface area contributed by atoms with Crippen LogP contribution in [0.5, 0.6) is 0 Å². The van der Waals surface area contributed by atoms with Crippen molar-refractivity contribution in [3.05, 3.63) is 45.7 Å². The first kappa shape index (κ1) is 23.4. The Hall–Kier alpha value is -2.87. The fraction of sp³-hybridized carbons (Fsp3) is 0.500. The predicted octanol–water partition coefficient (Wildman–Crippen LogP) is 2.77. The zero-order chi connectivity index (χ0) is 22.3. The first-order valence-corrected chi connectivity index (χ1v) is 10.2. The number of aromatic carboxylic acids is 1. The predicted molar refractivity (Wildman–Crippen MR) is 116 cm³/mol. The fourth-order valence-electron chi connectivity index (χ4n) is 3.12. The van der Waals surface area contributed by atoms with Gasteiger partial charge in [0.15, 0.2) is 0 Å². The number of aryl methyl sites for hydroxylation is 2. The molecule has 1 aromatic heterocycles. The van der Waals surface area contributed by atoms with Gasteiger partial charge in [-0.25, -0.2) is 9.59 Å². The summed E-state index contributed by atoms with van der Waals surface area (Å²) in [5, 5.41) is 15.7. The number of hydrogen-bond donors (Lipinski definition) is 3. The van der Waals surface area contributed by atoms with Crippen molar-refractivity contribution < 1.29 is 19.4 Å². The first-order chi connectivity index (χ1) is 14.1. The monoisotopic (exact) mass is 417 g/mol. The zero-order valence-electron chi connectivity index (χ0n) is 18.1. The maximum Gasteiger partial charge on any atom is 0.407 e. The van der Waals surface area contributed by atoms with E-state index in [0.717, 1.165) is 30.5 Å². The minimum Gasteiger partial charge on any atom is -0.477 e. The molecule has 0 saturated carbocycles. The van der Waals surface area contributed by atoms with Crippen molar-refractivity contribution in [3.63, 3.8) is 0 Å². The van der Waals surface area contributed by atoms with Crippen LogP contribution in [0.3, 0.4) is 0 Å². The third-order valence-corrected chi connectivity index (χ3v) is 4.50. The Morgan fingerprint density at radius 3 is 2.53 bits per heavy atom. The molecule has 1 aromatic carbocycles. The Labute approximate surface area is 176 Å². The molecule has 0 aliphatic rings. The van der Waals surface area contributed by atoms with Crippen LogP contribution in [0, 0.1) is 0 Å². The summed E-state index contributed by atoms with van der Waals surface area (Å²) < 4.78 is 6.95. The summed E-state index contributed by atoms with van der Waals surface area (Å²) in [6, 6.07) is 5.64. The first-order valence-electron chi connectivity index (χ1n) is 10.2. The molecule has 30 heavy (non-hydrogen) atoms. The fourth-order valence-corrected chi connectivity index (χ4v) is 3.12. The van der Waals surface area contributed by atoms with Gasteiger partial charge in [-0.3, -0.25) is 4.79 Å². The van der Waals surface area contributed by atoms with E-state index < -0.39 is 23.1 Å². The van der Waals surface area contributed by atoms with Crippen LogP contribution in [0.2, 0.25) is 0 Å². The van der Waals surface area contributed by atoms with E-state index in [2.05, 4.69) is 10.6 Å². The minimum atomic E-state index is -1.21. The van der Waals surface area contributed by atoms with E-state index in [9.17, 15) is 19.5 Å². The van der Waals surface area contributed by atoms with Gasteiger partial charge in [0.25, 0.3) is 0 Å². The van der Waals surface area contributed by atoms with Gasteiger partial charge in [-0.1, -0.05) is 6.07 Å². The van der Waals surface area contributed by atoms with Gasteiger partial charge in [-0.15, -0.1) is 0 Å². The second-order valence-corrected chi connectivity index (χ2v) is 8.10. The van der Waals surface area contributed by atoms with E-state index in [1.165, 1.54) is 6.20 Å². The number of benzene rings is 1. The number of carboxylic acids is 1. The summed E-state index contributed by atoms with van der Waals surface area (Å²) in [5.74, 6) is -1.21. The summed E-state index contributed by atoms with van der Waals surface area (Å²) in [7, 11) is 0. The van der Waals surface area contributed by atoms with Crippen molar-refractivity contribution in [3.8, 4) is 0 Å². The van der Waals surface area contributed by atoms with E-state index in [1.807, 2.05) is 39.8 Å². The van der Waals surface area contributed by atoms with E-state index >= 15 is 0 Å². The molecule has 2 rings (SSSR count). The summed E-state index contributed by atoms with van der Waals surface area (Å²) in [4.78, 5) is 35.5. The highest BCUT2D eigenvalue weighted by Gasteiger charge is 2.16. The van der Waals surface area contributed by atoms with Crippen LogP contribution in [0.25, 0.3) is 10.9 Å². The smallest absolute Gasteiger partial charge is 0.407 e. The van der Waals surface area contributed by atoms with Gasteiger partial charge >= 0.3 is 12.1 Å². The van der Waals surface area contributed by atoms with E-state index in [-0.39, 0.29) is 5.56 Å². The Kier molecular flexibility index (Phi) is 8.00. The lowest BCUT2D eigenvalue weighted by atomic mass is 10.0. The standard InChI is InChI=1S/C22H31N3O5/c1-5-25-14-17(20(27)28)19(26)16-13-15(8-9-18(16)25)7-6-10-23-11-12-24-21(29)30-22(2,3)4/h8-9,13-14,23H,5-7,10-12H2,1-4H3,(H,24,29)(H,27,28). The van der Waals surface area contributed by atoms with Crippen LogP contribution in [0.1, 0.15) is 50.0 Å². The second-order valence-electron chi connectivity index (χ2n) is 8.10. The van der Waals surface area contributed by atoms with E-state index in [1.54, 1.807) is 10.6 Å². The second kappa shape index (κ2) is 10.2.